The minimum absolute atomic E-state index is 0.150. The van der Waals surface area contributed by atoms with Crippen molar-refractivity contribution < 1.29 is 18.3 Å². The highest BCUT2D eigenvalue weighted by Crippen LogP contribution is 2.29. The van der Waals surface area contributed by atoms with Crippen LogP contribution in [0.1, 0.15) is 32.2 Å². The SMILES string of the molecule is CC(O)CN(Cc1nnnn1-c1ccc(C(F)(F)F)cc1)C(C)C. The molecule has 0 amide bonds. The summed E-state index contributed by atoms with van der Waals surface area (Å²) in [6, 6.07) is 4.80. The molecule has 0 aliphatic carbocycles. The Morgan fingerprint density at radius 3 is 2.29 bits per heavy atom. The second kappa shape index (κ2) is 7.27. The van der Waals surface area contributed by atoms with Gasteiger partial charge in [-0.05, 0) is 55.5 Å². The number of rotatable bonds is 6. The van der Waals surface area contributed by atoms with Gasteiger partial charge in [0, 0.05) is 12.6 Å². The molecule has 2 aromatic rings. The summed E-state index contributed by atoms with van der Waals surface area (Å²) in [6.45, 7) is 6.46. The van der Waals surface area contributed by atoms with Crippen molar-refractivity contribution in [2.24, 2.45) is 0 Å². The van der Waals surface area contributed by atoms with Crippen molar-refractivity contribution in [1.82, 2.24) is 25.1 Å². The molecule has 6 nitrogen and oxygen atoms in total. The number of hydrogen-bond donors (Lipinski definition) is 1. The van der Waals surface area contributed by atoms with Crippen LogP contribution in [0.4, 0.5) is 13.2 Å². The fourth-order valence-electron chi connectivity index (χ4n) is 2.28. The minimum atomic E-state index is -4.38. The van der Waals surface area contributed by atoms with Gasteiger partial charge in [0.1, 0.15) is 0 Å². The van der Waals surface area contributed by atoms with Gasteiger partial charge in [-0.3, -0.25) is 4.90 Å². The topological polar surface area (TPSA) is 67.1 Å². The molecule has 1 aromatic heterocycles. The lowest BCUT2D eigenvalue weighted by atomic mass is 10.2. The van der Waals surface area contributed by atoms with E-state index in [0.717, 1.165) is 12.1 Å². The lowest BCUT2D eigenvalue weighted by Gasteiger charge is -2.26. The van der Waals surface area contributed by atoms with Crippen LogP contribution in [0.15, 0.2) is 24.3 Å². The molecule has 1 N–H and O–H groups in total. The lowest BCUT2D eigenvalue weighted by Crippen LogP contribution is -2.36. The third-order valence-corrected chi connectivity index (χ3v) is 3.55. The normalized spacial score (nSPS) is 13.7. The average Bonchev–Trinajstić information content (AvgIpc) is 2.93. The first-order chi connectivity index (χ1) is 11.2. The van der Waals surface area contributed by atoms with Gasteiger partial charge in [-0.15, -0.1) is 5.10 Å². The van der Waals surface area contributed by atoms with Crippen LogP contribution >= 0.6 is 0 Å². The zero-order chi connectivity index (χ0) is 17.9. The first kappa shape index (κ1) is 18.3. The van der Waals surface area contributed by atoms with Crippen molar-refractivity contribution in [1.29, 1.82) is 0 Å². The van der Waals surface area contributed by atoms with E-state index >= 15 is 0 Å². The molecule has 0 radical (unpaired) electrons. The van der Waals surface area contributed by atoms with Crippen molar-refractivity contribution in [3.63, 3.8) is 0 Å². The highest BCUT2D eigenvalue weighted by Gasteiger charge is 2.30. The van der Waals surface area contributed by atoms with Gasteiger partial charge in [0.05, 0.1) is 23.9 Å². The second-order valence-electron chi connectivity index (χ2n) is 5.92. The summed E-state index contributed by atoms with van der Waals surface area (Å²) in [7, 11) is 0. The largest absolute Gasteiger partial charge is 0.416 e. The van der Waals surface area contributed by atoms with E-state index in [-0.39, 0.29) is 6.04 Å². The molecule has 1 heterocycles. The van der Waals surface area contributed by atoms with Crippen molar-refractivity contribution in [2.75, 3.05) is 6.54 Å². The van der Waals surface area contributed by atoms with Gasteiger partial charge in [-0.1, -0.05) is 0 Å². The standard InChI is InChI=1S/C15H20F3N5O/c1-10(2)22(8-11(3)24)9-14-19-20-21-23(14)13-6-4-12(5-7-13)15(16,17)18/h4-7,10-11,24H,8-9H2,1-3H3. The van der Waals surface area contributed by atoms with E-state index in [2.05, 4.69) is 15.5 Å². The third kappa shape index (κ3) is 4.51. The summed E-state index contributed by atoms with van der Waals surface area (Å²) in [5, 5.41) is 21.0. The number of alkyl halides is 3. The summed E-state index contributed by atoms with van der Waals surface area (Å²) >= 11 is 0. The van der Waals surface area contributed by atoms with E-state index in [4.69, 9.17) is 0 Å². The Labute approximate surface area is 137 Å². The molecule has 1 unspecified atom stereocenters. The highest BCUT2D eigenvalue weighted by atomic mass is 19.4. The van der Waals surface area contributed by atoms with Gasteiger partial charge in [0.15, 0.2) is 5.82 Å². The lowest BCUT2D eigenvalue weighted by molar-refractivity contribution is -0.137. The number of nitrogens with zero attached hydrogens (tertiary/aromatic N) is 5. The summed E-state index contributed by atoms with van der Waals surface area (Å²) in [4.78, 5) is 1.98. The molecule has 0 bridgehead atoms. The zero-order valence-corrected chi connectivity index (χ0v) is 13.7. The number of halogens is 3. The van der Waals surface area contributed by atoms with Gasteiger partial charge >= 0.3 is 6.18 Å². The van der Waals surface area contributed by atoms with Gasteiger partial charge in [-0.2, -0.15) is 17.9 Å². The average molecular weight is 343 g/mol. The molecule has 0 aliphatic rings. The van der Waals surface area contributed by atoms with Crippen molar-refractivity contribution in [2.45, 2.75) is 45.6 Å². The van der Waals surface area contributed by atoms with Gasteiger partial charge < -0.3 is 5.11 Å². The van der Waals surface area contributed by atoms with Crippen LogP contribution in [0.3, 0.4) is 0 Å². The van der Waals surface area contributed by atoms with Gasteiger partial charge in [-0.25, -0.2) is 0 Å². The summed E-state index contributed by atoms with van der Waals surface area (Å²) in [5.41, 5.74) is -0.275. The van der Waals surface area contributed by atoms with Gasteiger partial charge in [0.2, 0.25) is 0 Å². The third-order valence-electron chi connectivity index (χ3n) is 3.55. The molecule has 132 valence electrons. The molecule has 2 rings (SSSR count). The van der Waals surface area contributed by atoms with Crippen LogP contribution in [-0.2, 0) is 12.7 Å². The van der Waals surface area contributed by atoms with E-state index in [0.29, 0.717) is 24.6 Å². The molecule has 24 heavy (non-hydrogen) atoms. The van der Waals surface area contributed by atoms with Crippen LogP contribution in [0.2, 0.25) is 0 Å². The maximum absolute atomic E-state index is 12.6. The van der Waals surface area contributed by atoms with Crippen molar-refractivity contribution in [3.05, 3.63) is 35.7 Å². The summed E-state index contributed by atoms with van der Waals surface area (Å²) in [5.74, 6) is 0.490. The maximum atomic E-state index is 12.6. The van der Waals surface area contributed by atoms with Crippen LogP contribution < -0.4 is 0 Å². The first-order valence-corrected chi connectivity index (χ1v) is 7.55. The Morgan fingerprint density at radius 2 is 1.79 bits per heavy atom. The number of aliphatic hydroxyl groups excluding tert-OH is 1. The maximum Gasteiger partial charge on any atom is 0.416 e. The van der Waals surface area contributed by atoms with E-state index in [1.54, 1.807) is 6.92 Å². The van der Waals surface area contributed by atoms with E-state index in [1.807, 2.05) is 18.7 Å². The van der Waals surface area contributed by atoms with Crippen molar-refractivity contribution in [3.8, 4) is 5.69 Å². The Hall–Kier alpha value is -2.00. The Balaban J connectivity index is 2.23. The van der Waals surface area contributed by atoms with Crippen molar-refractivity contribution >= 4 is 0 Å². The summed E-state index contributed by atoms with van der Waals surface area (Å²) < 4.78 is 39.3. The molecular weight excluding hydrogens is 323 g/mol. The molecule has 0 fully saturated rings. The Bertz CT molecular complexity index is 652. The van der Waals surface area contributed by atoms with Crippen LogP contribution in [0, 0.1) is 0 Å². The molecule has 0 saturated carbocycles. The second-order valence-corrected chi connectivity index (χ2v) is 5.92. The molecule has 1 aromatic carbocycles. The van der Waals surface area contributed by atoms with Gasteiger partial charge in [0.25, 0.3) is 0 Å². The van der Waals surface area contributed by atoms with E-state index in [9.17, 15) is 18.3 Å². The highest BCUT2D eigenvalue weighted by molar-refractivity contribution is 5.35. The summed E-state index contributed by atoms with van der Waals surface area (Å²) in [6.07, 6.45) is -4.89. The molecule has 0 spiro atoms. The molecule has 0 saturated heterocycles. The van der Waals surface area contributed by atoms with E-state index < -0.39 is 17.8 Å². The monoisotopic (exact) mass is 343 g/mol. The number of hydrogen-bond acceptors (Lipinski definition) is 5. The molecule has 1 atom stereocenters. The smallest absolute Gasteiger partial charge is 0.392 e. The Kier molecular flexibility index (Phi) is 5.55. The quantitative estimate of drug-likeness (QED) is 0.872. The molecule has 9 heteroatoms. The number of aromatic nitrogens is 4. The minimum Gasteiger partial charge on any atom is -0.392 e. The Morgan fingerprint density at radius 1 is 1.17 bits per heavy atom. The van der Waals surface area contributed by atoms with Crippen LogP contribution in [-0.4, -0.2) is 48.9 Å². The first-order valence-electron chi connectivity index (χ1n) is 7.55. The van der Waals surface area contributed by atoms with E-state index in [1.165, 1.54) is 16.8 Å². The number of aliphatic hydroxyl groups is 1. The van der Waals surface area contributed by atoms with Crippen LogP contribution in [0.5, 0.6) is 0 Å². The zero-order valence-electron chi connectivity index (χ0n) is 13.7. The molecular formula is C15H20F3N5O. The number of benzene rings is 1. The fraction of sp³-hybridized carbons (Fsp3) is 0.533. The molecule has 0 aliphatic heterocycles. The predicted octanol–water partition coefficient (Wildman–Crippen LogP) is 2.27. The fourth-order valence-corrected chi connectivity index (χ4v) is 2.28. The number of tetrazole rings is 1. The predicted molar refractivity (Wildman–Crippen MR) is 81.4 cm³/mol. The van der Waals surface area contributed by atoms with Crippen LogP contribution in [0.25, 0.3) is 5.69 Å².